The van der Waals surface area contributed by atoms with Gasteiger partial charge in [-0.05, 0) is 62.2 Å². The first-order valence-corrected chi connectivity index (χ1v) is 11.8. The number of carbonyl (C=O) groups excluding carboxylic acids is 1. The van der Waals surface area contributed by atoms with Crippen molar-refractivity contribution in [1.29, 1.82) is 0 Å². The highest BCUT2D eigenvalue weighted by Gasteiger charge is 2.31. The average Bonchev–Trinajstić information content (AvgIpc) is 2.89. The zero-order valence-electron chi connectivity index (χ0n) is 19.9. The zero-order valence-corrected chi connectivity index (χ0v) is 19.9. The maximum Gasteiger partial charge on any atom is 0.417 e. The van der Waals surface area contributed by atoms with Crippen molar-refractivity contribution in [3.05, 3.63) is 84.1 Å². The van der Waals surface area contributed by atoms with Crippen molar-refractivity contribution in [2.24, 2.45) is 0 Å². The van der Waals surface area contributed by atoms with Gasteiger partial charge in [0.05, 0.1) is 5.56 Å². The van der Waals surface area contributed by atoms with Gasteiger partial charge in [-0.15, -0.1) is 0 Å². The number of pyridine rings is 1. The first-order valence-electron chi connectivity index (χ1n) is 11.8. The van der Waals surface area contributed by atoms with Gasteiger partial charge in [-0.1, -0.05) is 30.3 Å². The van der Waals surface area contributed by atoms with E-state index in [4.69, 9.17) is 9.47 Å². The minimum absolute atomic E-state index is 0.0318. The molecule has 190 valence electrons. The number of nitrogens with zero attached hydrogens (tertiary/aromatic N) is 3. The molecule has 0 saturated carbocycles. The molecule has 36 heavy (non-hydrogen) atoms. The van der Waals surface area contributed by atoms with Gasteiger partial charge in [0.2, 0.25) is 5.88 Å². The van der Waals surface area contributed by atoms with Crippen molar-refractivity contribution >= 4 is 6.09 Å². The molecule has 9 heteroatoms. The van der Waals surface area contributed by atoms with Crippen molar-refractivity contribution in [1.82, 2.24) is 14.8 Å². The van der Waals surface area contributed by atoms with Crippen molar-refractivity contribution in [3.8, 4) is 17.4 Å². The monoisotopic (exact) mass is 499 g/mol. The summed E-state index contributed by atoms with van der Waals surface area (Å²) in [6.07, 6.45) is -1.38. The molecule has 0 spiro atoms. The van der Waals surface area contributed by atoms with E-state index in [1.807, 2.05) is 6.07 Å². The number of likely N-dealkylation sites (tertiary alicyclic amines) is 1. The number of rotatable bonds is 7. The van der Waals surface area contributed by atoms with Crippen LogP contribution in [-0.4, -0.2) is 53.6 Å². The molecule has 1 fully saturated rings. The molecule has 0 atom stereocenters. The highest BCUT2D eigenvalue weighted by molar-refractivity contribution is 5.70. The standard InChI is InChI=1S/C27H28F3N3O3/c1-32(16-13-20-5-3-2-4-6-20)22-14-17-33(18-15-22)26(34)36-24-10-8-23(9-11-24)35-25-12-7-21(19-31-25)27(28,29)30/h2-12,19,22H,13-18H2,1H3. The number of aromatic nitrogens is 1. The smallest absolute Gasteiger partial charge is 0.417 e. The minimum Gasteiger partial charge on any atom is -0.439 e. The van der Waals surface area contributed by atoms with Crippen molar-refractivity contribution in [3.63, 3.8) is 0 Å². The Labute approximate surface area is 208 Å². The van der Waals surface area contributed by atoms with E-state index in [2.05, 4.69) is 41.2 Å². The van der Waals surface area contributed by atoms with Crippen molar-refractivity contribution in [2.45, 2.75) is 31.5 Å². The SMILES string of the molecule is CN(CCc1ccccc1)C1CCN(C(=O)Oc2ccc(Oc3ccc(C(F)(F)F)cn3)cc2)CC1. The van der Waals surface area contributed by atoms with Gasteiger partial charge in [0, 0.05) is 37.9 Å². The number of alkyl halides is 3. The molecule has 0 aliphatic carbocycles. The normalized spacial score (nSPS) is 14.6. The van der Waals surface area contributed by atoms with Crippen LogP contribution in [0.25, 0.3) is 0 Å². The van der Waals surface area contributed by atoms with Crippen molar-refractivity contribution in [2.75, 3.05) is 26.7 Å². The van der Waals surface area contributed by atoms with Gasteiger partial charge in [0.1, 0.15) is 11.5 Å². The van der Waals surface area contributed by atoms with E-state index in [1.54, 1.807) is 29.2 Å². The Kier molecular flexibility index (Phi) is 8.10. The fraction of sp³-hybridized carbons (Fsp3) is 0.333. The lowest BCUT2D eigenvalue weighted by Gasteiger charge is -2.36. The van der Waals surface area contributed by atoms with Crippen molar-refractivity contribution < 1.29 is 27.4 Å². The first-order chi connectivity index (χ1) is 17.3. The fourth-order valence-corrected chi connectivity index (χ4v) is 4.09. The Morgan fingerprint density at radius 1 is 1.00 bits per heavy atom. The van der Waals surface area contributed by atoms with E-state index in [-0.39, 0.29) is 5.88 Å². The summed E-state index contributed by atoms with van der Waals surface area (Å²) in [5.41, 5.74) is 0.470. The van der Waals surface area contributed by atoms with E-state index in [0.29, 0.717) is 30.6 Å². The highest BCUT2D eigenvalue weighted by atomic mass is 19.4. The summed E-state index contributed by atoms with van der Waals surface area (Å²) in [5, 5.41) is 0. The van der Waals surface area contributed by atoms with E-state index < -0.39 is 17.8 Å². The second-order valence-electron chi connectivity index (χ2n) is 8.76. The summed E-state index contributed by atoms with van der Waals surface area (Å²) in [6, 6.07) is 19.1. The average molecular weight is 500 g/mol. The molecule has 0 radical (unpaired) electrons. The number of piperidine rings is 1. The summed E-state index contributed by atoms with van der Waals surface area (Å²) >= 11 is 0. The topological polar surface area (TPSA) is 54.9 Å². The van der Waals surface area contributed by atoms with Gasteiger partial charge < -0.3 is 19.3 Å². The van der Waals surface area contributed by atoms with Crippen LogP contribution < -0.4 is 9.47 Å². The molecular weight excluding hydrogens is 471 g/mol. The Bertz CT molecular complexity index is 1120. The second-order valence-corrected chi connectivity index (χ2v) is 8.76. The Morgan fingerprint density at radius 3 is 2.28 bits per heavy atom. The number of benzene rings is 2. The van der Waals surface area contributed by atoms with Crippen LogP contribution in [0.5, 0.6) is 17.4 Å². The predicted molar refractivity (Wildman–Crippen MR) is 129 cm³/mol. The molecule has 4 rings (SSSR count). The molecular formula is C27H28F3N3O3. The number of halogens is 3. The number of carbonyl (C=O) groups is 1. The number of hydrogen-bond acceptors (Lipinski definition) is 5. The fourth-order valence-electron chi connectivity index (χ4n) is 4.09. The van der Waals surface area contributed by atoms with Gasteiger partial charge in [-0.25, -0.2) is 9.78 Å². The van der Waals surface area contributed by atoms with Gasteiger partial charge in [-0.3, -0.25) is 0 Å². The molecule has 0 unspecified atom stereocenters. The van der Waals surface area contributed by atoms with Gasteiger partial charge in [0.25, 0.3) is 0 Å². The number of hydrogen-bond donors (Lipinski definition) is 0. The second kappa shape index (κ2) is 11.4. The van der Waals surface area contributed by atoms with Crippen LogP contribution >= 0.6 is 0 Å². The summed E-state index contributed by atoms with van der Waals surface area (Å²) in [4.78, 5) is 20.3. The quantitative estimate of drug-likeness (QED) is 0.397. The van der Waals surface area contributed by atoms with E-state index in [1.165, 1.54) is 5.56 Å². The summed E-state index contributed by atoms with van der Waals surface area (Å²) < 4.78 is 48.9. The molecule has 6 nitrogen and oxygen atoms in total. The number of ether oxygens (including phenoxy) is 2. The minimum atomic E-state index is -4.45. The van der Waals surface area contributed by atoms with Crippen LogP contribution in [0.1, 0.15) is 24.0 Å². The third-order valence-corrected chi connectivity index (χ3v) is 6.26. The van der Waals surface area contributed by atoms with Crippen LogP contribution in [0.3, 0.4) is 0 Å². The van der Waals surface area contributed by atoms with Gasteiger partial charge in [-0.2, -0.15) is 13.2 Å². The third-order valence-electron chi connectivity index (χ3n) is 6.26. The molecule has 1 aromatic heterocycles. The zero-order chi connectivity index (χ0) is 25.5. The largest absolute Gasteiger partial charge is 0.439 e. The lowest BCUT2D eigenvalue weighted by molar-refractivity contribution is -0.137. The molecule has 2 aromatic carbocycles. The molecule has 3 aromatic rings. The molecule has 0 bridgehead atoms. The van der Waals surface area contributed by atoms with Gasteiger partial charge in [0.15, 0.2) is 0 Å². The Balaban J connectivity index is 1.21. The van der Waals surface area contributed by atoms with Crippen LogP contribution in [0.15, 0.2) is 72.9 Å². The predicted octanol–water partition coefficient (Wildman–Crippen LogP) is 6.03. The first kappa shape index (κ1) is 25.5. The lowest BCUT2D eigenvalue weighted by atomic mass is 10.0. The molecule has 1 saturated heterocycles. The van der Waals surface area contributed by atoms with Crippen LogP contribution in [0.2, 0.25) is 0 Å². The molecule has 1 aliphatic heterocycles. The third kappa shape index (κ3) is 6.97. The maximum atomic E-state index is 12.6. The summed E-state index contributed by atoms with van der Waals surface area (Å²) in [5.74, 6) is 0.751. The Hall–Kier alpha value is -3.59. The van der Waals surface area contributed by atoms with Crippen LogP contribution in [0.4, 0.5) is 18.0 Å². The summed E-state index contributed by atoms with van der Waals surface area (Å²) in [7, 11) is 2.13. The van der Waals surface area contributed by atoms with E-state index in [0.717, 1.165) is 44.1 Å². The highest BCUT2D eigenvalue weighted by Crippen LogP contribution is 2.30. The lowest BCUT2D eigenvalue weighted by Crippen LogP contribution is -2.46. The van der Waals surface area contributed by atoms with E-state index in [9.17, 15) is 18.0 Å². The Morgan fingerprint density at radius 2 is 1.67 bits per heavy atom. The molecule has 2 heterocycles. The number of amides is 1. The molecule has 1 aliphatic rings. The van der Waals surface area contributed by atoms with E-state index >= 15 is 0 Å². The summed E-state index contributed by atoms with van der Waals surface area (Å²) in [6.45, 7) is 2.22. The van der Waals surface area contributed by atoms with Crippen LogP contribution in [-0.2, 0) is 12.6 Å². The van der Waals surface area contributed by atoms with Gasteiger partial charge >= 0.3 is 12.3 Å². The molecule has 1 amide bonds. The van der Waals surface area contributed by atoms with Crippen LogP contribution in [0, 0.1) is 0 Å². The maximum absolute atomic E-state index is 12.6. The number of likely N-dealkylation sites (N-methyl/N-ethyl adjacent to an activating group) is 1. The molecule has 0 N–H and O–H groups in total.